The average molecular weight is 488 g/mol. The summed E-state index contributed by atoms with van der Waals surface area (Å²) in [6, 6.07) is 12.4. The fraction of sp³-hybridized carbons (Fsp3) is 0.375. The number of sulfonamides is 1. The van der Waals surface area contributed by atoms with Gasteiger partial charge in [0.05, 0.1) is 17.5 Å². The van der Waals surface area contributed by atoms with E-state index in [4.69, 9.17) is 9.88 Å². The number of carbonyl (C=O) groups is 1. The first-order valence-electron chi connectivity index (χ1n) is 10.9. The first-order valence-corrected chi connectivity index (χ1v) is 13.4. The van der Waals surface area contributed by atoms with Crippen LogP contribution in [0.25, 0.3) is 5.69 Å². The number of aryl methyl sites for hydroxylation is 1. The number of rotatable bonds is 9. The summed E-state index contributed by atoms with van der Waals surface area (Å²) in [5, 5.41) is 7.26. The predicted octanol–water partition coefficient (Wildman–Crippen LogP) is 3.67. The molecule has 1 fully saturated rings. The Morgan fingerprint density at radius 1 is 1.24 bits per heavy atom. The van der Waals surface area contributed by atoms with E-state index in [-0.39, 0.29) is 16.8 Å². The zero-order valence-corrected chi connectivity index (χ0v) is 20.5. The number of thiophene rings is 1. The molecule has 4 rings (SSSR count). The smallest absolute Gasteiger partial charge is 0.238 e. The monoisotopic (exact) mass is 487 g/mol. The molecule has 1 aliphatic rings. The number of benzene rings is 1. The van der Waals surface area contributed by atoms with E-state index >= 15 is 0 Å². The van der Waals surface area contributed by atoms with Gasteiger partial charge in [-0.05, 0) is 68.5 Å². The number of Topliss-reactive ketones (excluding diaryl/α,β-unsaturated/α-hetero) is 1. The highest BCUT2D eigenvalue weighted by molar-refractivity contribution is 7.89. The lowest BCUT2D eigenvalue weighted by molar-refractivity contribution is 0.0652. The van der Waals surface area contributed by atoms with Crippen molar-refractivity contribution in [2.45, 2.75) is 44.2 Å². The second-order valence-electron chi connectivity index (χ2n) is 8.47. The first kappa shape index (κ1) is 23.8. The molecule has 0 spiro atoms. The highest BCUT2D eigenvalue weighted by Crippen LogP contribution is 2.24. The molecule has 1 aromatic carbocycles. The molecule has 1 unspecified atom stereocenters. The molecule has 0 amide bonds. The number of carbonyl (C=O) groups excluding carboxylic acids is 1. The SMILES string of the molecule is Cc1cc(C(=O)CN(Cc2cccs2)CC2CCCO2)c(C)n1-c1ccc(S(N)(=O)=O)cc1. The lowest BCUT2D eigenvalue weighted by Crippen LogP contribution is -2.35. The maximum Gasteiger partial charge on any atom is 0.238 e. The van der Waals surface area contributed by atoms with Crippen molar-refractivity contribution in [3.8, 4) is 5.69 Å². The van der Waals surface area contributed by atoms with Gasteiger partial charge in [-0.3, -0.25) is 9.69 Å². The molecule has 1 saturated heterocycles. The summed E-state index contributed by atoms with van der Waals surface area (Å²) < 4.78 is 30.9. The van der Waals surface area contributed by atoms with Crippen molar-refractivity contribution < 1.29 is 17.9 Å². The van der Waals surface area contributed by atoms with Gasteiger partial charge in [-0.25, -0.2) is 13.6 Å². The summed E-state index contributed by atoms with van der Waals surface area (Å²) in [7, 11) is -3.75. The van der Waals surface area contributed by atoms with Gasteiger partial charge >= 0.3 is 0 Å². The molecular weight excluding hydrogens is 458 g/mol. The van der Waals surface area contributed by atoms with Crippen molar-refractivity contribution in [1.82, 2.24) is 9.47 Å². The van der Waals surface area contributed by atoms with Crippen LogP contribution < -0.4 is 5.14 Å². The van der Waals surface area contributed by atoms with Crippen molar-refractivity contribution in [2.24, 2.45) is 5.14 Å². The lowest BCUT2D eigenvalue weighted by Gasteiger charge is -2.24. The van der Waals surface area contributed by atoms with Crippen molar-refractivity contribution in [3.05, 3.63) is 69.7 Å². The Bertz CT molecular complexity index is 1210. The Hall–Kier alpha value is -2.30. The summed E-state index contributed by atoms with van der Waals surface area (Å²) in [6.45, 7) is 6.41. The zero-order chi connectivity index (χ0) is 23.6. The molecule has 176 valence electrons. The molecule has 3 aromatic rings. The molecule has 2 N–H and O–H groups in total. The molecular formula is C24H29N3O4S2. The topological polar surface area (TPSA) is 94.6 Å². The van der Waals surface area contributed by atoms with E-state index in [0.29, 0.717) is 12.1 Å². The number of ether oxygens (including phenoxy) is 1. The second-order valence-corrected chi connectivity index (χ2v) is 11.1. The molecule has 9 heteroatoms. The van der Waals surface area contributed by atoms with Gasteiger partial charge in [0.15, 0.2) is 5.78 Å². The number of hydrogen-bond donors (Lipinski definition) is 1. The van der Waals surface area contributed by atoms with Crippen LogP contribution in [0.1, 0.15) is 39.5 Å². The number of nitrogens with zero attached hydrogens (tertiary/aromatic N) is 2. The number of hydrogen-bond acceptors (Lipinski definition) is 6. The number of aromatic nitrogens is 1. The van der Waals surface area contributed by atoms with E-state index < -0.39 is 10.0 Å². The van der Waals surface area contributed by atoms with E-state index in [1.165, 1.54) is 17.0 Å². The summed E-state index contributed by atoms with van der Waals surface area (Å²) in [4.78, 5) is 16.8. The minimum atomic E-state index is -3.75. The van der Waals surface area contributed by atoms with Crippen molar-refractivity contribution in [2.75, 3.05) is 19.7 Å². The van der Waals surface area contributed by atoms with Crippen LogP contribution in [0, 0.1) is 13.8 Å². The standard InChI is InChI=1S/C24H29N3O4S2/c1-17-13-23(18(2)27(17)19-7-9-22(10-8-19)33(25,29)30)24(28)16-26(14-20-5-3-11-31-20)15-21-6-4-12-32-21/h4,6-10,12-13,20H,3,5,11,14-16H2,1-2H3,(H2,25,29,30). The Balaban J connectivity index is 1.55. The van der Waals surface area contributed by atoms with Crippen LogP contribution >= 0.6 is 11.3 Å². The van der Waals surface area contributed by atoms with Gasteiger partial charge in [0.25, 0.3) is 0 Å². The van der Waals surface area contributed by atoms with Gasteiger partial charge in [0.2, 0.25) is 10.0 Å². The van der Waals surface area contributed by atoms with Crippen LogP contribution in [0.3, 0.4) is 0 Å². The number of ketones is 1. The van der Waals surface area contributed by atoms with Gasteiger partial charge in [-0.1, -0.05) is 6.07 Å². The molecule has 1 atom stereocenters. The van der Waals surface area contributed by atoms with Gasteiger partial charge in [0, 0.05) is 47.2 Å². The Morgan fingerprint density at radius 3 is 2.61 bits per heavy atom. The molecule has 0 radical (unpaired) electrons. The molecule has 0 saturated carbocycles. The zero-order valence-electron chi connectivity index (χ0n) is 18.9. The number of primary sulfonamides is 1. The predicted molar refractivity (Wildman–Crippen MR) is 130 cm³/mol. The quantitative estimate of drug-likeness (QED) is 0.465. The maximum absolute atomic E-state index is 13.4. The lowest BCUT2D eigenvalue weighted by atomic mass is 10.1. The van der Waals surface area contributed by atoms with Crippen LogP contribution in [-0.4, -0.2) is 49.5 Å². The number of nitrogens with two attached hydrogens (primary N) is 1. The fourth-order valence-corrected chi connectivity index (χ4v) is 5.66. The summed E-state index contributed by atoms with van der Waals surface area (Å²) in [5.41, 5.74) is 3.19. The highest BCUT2D eigenvalue weighted by Gasteiger charge is 2.24. The van der Waals surface area contributed by atoms with E-state index in [0.717, 1.165) is 49.6 Å². The molecule has 3 heterocycles. The second kappa shape index (κ2) is 9.90. The van der Waals surface area contributed by atoms with E-state index in [9.17, 15) is 13.2 Å². The first-order chi connectivity index (χ1) is 15.7. The largest absolute Gasteiger partial charge is 0.377 e. The van der Waals surface area contributed by atoms with E-state index in [1.807, 2.05) is 30.5 Å². The molecule has 1 aliphatic heterocycles. The normalized spacial score (nSPS) is 16.5. The fourth-order valence-electron chi connectivity index (χ4n) is 4.40. The van der Waals surface area contributed by atoms with Gasteiger partial charge < -0.3 is 9.30 Å². The van der Waals surface area contributed by atoms with Crippen LogP contribution in [0.2, 0.25) is 0 Å². The average Bonchev–Trinajstić information content (AvgIpc) is 3.50. The summed E-state index contributed by atoms with van der Waals surface area (Å²) in [6.07, 6.45) is 2.26. The Kier molecular flexibility index (Phi) is 7.16. The molecule has 7 nitrogen and oxygen atoms in total. The van der Waals surface area contributed by atoms with Crippen LogP contribution in [-0.2, 0) is 21.3 Å². The van der Waals surface area contributed by atoms with Crippen LogP contribution in [0.15, 0.2) is 52.7 Å². The maximum atomic E-state index is 13.4. The third-order valence-electron chi connectivity index (χ3n) is 5.97. The van der Waals surface area contributed by atoms with E-state index in [1.54, 1.807) is 23.5 Å². The van der Waals surface area contributed by atoms with Crippen molar-refractivity contribution >= 4 is 27.1 Å². The Morgan fingerprint density at radius 2 is 2.00 bits per heavy atom. The molecule has 2 aromatic heterocycles. The third-order valence-corrected chi connectivity index (χ3v) is 7.76. The molecule has 33 heavy (non-hydrogen) atoms. The van der Waals surface area contributed by atoms with Crippen molar-refractivity contribution in [3.63, 3.8) is 0 Å². The van der Waals surface area contributed by atoms with E-state index in [2.05, 4.69) is 16.3 Å². The minimum absolute atomic E-state index is 0.0587. The summed E-state index contributed by atoms with van der Waals surface area (Å²) >= 11 is 1.69. The van der Waals surface area contributed by atoms with Gasteiger partial charge in [0.1, 0.15) is 0 Å². The van der Waals surface area contributed by atoms with Gasteiger partial charge in [-0.15, -0.1) is 11.3 Å². The minimum Gasteiger partial charge on any atom is -0.377 e. The Labute approximate surface area is 198 Å². The van der Waals surface area contributed by atoms with Crippen molar-refractivity contribution in [1.29, 1.82) is 0 Å². The van der Waals surface area contributed by atoms with Gasteiger partial charge in [-0.2, -0.15) is 0 Å². The van der Waals surface area contributed by atoms with Crippen LogP contribution in [0.4, 0.5) is 0 Å². The highest BCUT2D eigenvalue weighted by atomic mass is 32.2. The van der Waals surface area contributed by atoms with Crippen LogP contribution in [0.5, 0.6) is 0 Å². The summed E-state index contributed by atoms with van der Waals surface area (Å²) in [5.74, 6) is 0.0602. The molecule has 0 bridgehead atoms. The molecule has 0 aliphatic carbocycles. The third kappa shape index (κ3) is 5.62.